The Morgan fingerprint density at radius 3 is 2.04 bits per heavy atom. The number of nitrogens with zero attached hydrogens (tertiary/aromatic N) is 3. The van der Waals surface area contributed by atoms with Gasteiger partial charge in [0, 0.05) is 27.5 Å². The molecule has 4 heteroatoms. The fourth-order valence-corrected chi connectivity index (χ4v) is 7.46. The topological polar surface area (TPSA) is 51.8 Å². The number of fused-ring (bicyclic) bond motifs is 7. The van der Waals surface area contributed by atoms with E-state index in [4.69, 9.17) is 19.4 Å². The van der Waals surface area contributed by atoms with Gasteiger partial charge in [-0.25, -0.2) is 15.0 Å². The molecular formula is C46H31N3O. The predicted molar refractivity (Wildman–Crippen MR) is 207 cm³/mol. The highest BCUT2D eigenvalue weighted by atomic mass is 16.3. The average Bonchev–Trinajstić information content (AvgIpc) is 3.56. The Morgan fingerprint density at radius 1 is 0.520 bits per heavy atom. The van der Waals surface area contributed by atoms with Crippen LogP contribution in [0.3, 0.4) is 0 Å². The lowest BCUT2D eigenvalue weighted by Gasteiger charge is -2.15. The molecule has 4 nitrogen and oxygen atoms in total. The first-order valence-electron chi connectivity index (χ1n) is 17.2. The molecule has 0 saturated heterocycles. The normalized spacial score (nSPS) is 14.7. The Bertz CT molecular complexity index is 2880. The maximum absolute atomic E-state index is 6.31. The van der Waals surface area contributed by atoms with Gasteiger partial charge in [-0.1, -0.05) is 128 Å². The Kier molecular flexibility index (Phi) is 6.50. The maximum Gasteiger partial charge on any atom is 0.164 e. The second-order valence-corrected chi connectivity index (χ2v) is 13.3. The minimum absolute atomic E-state index is 0.484. The molecule has 0 fully saturated rings. The second-order valence-electron chi connectivity index (χ2n) is 13.3. The number of allylic oxidation sites excluding steroid dienone is 4. The highest BCUT2D eigenvalue weighted by molar-refractivity contribution is 6.16. The molecule has 0 N–H and O–H groups in total. The van der Waals surface area contributed by atoms with Gasteiger partial charge in [-0.3, -0.25) is 0 Å². The maximum atomic E-state index is 6.31. The molecule has 10 rings (SSSR count). The highest BCUT2D eigenvalue weighted by Crippen LogP contribution is 2.41. The molecule has 0 saturated carbocycles. The van der Waals surface area contributed by atoms with Crippen LogP contribution >= 0.6 is 0 Å². The molecule has 2 aromatic heterocycles. The van der Waals surface area contributed by atoms with Gasteiger partial charge in [0.05, 0.1) is 0 Å². The highest BCUT2D eigenvalue weighted by Gasteiger charge is 2.19. The molecule has 236 valence electrons. The molecule has 1 atom stereocenters. The Hall–Kier alpha value is -6.39. The molecule has 0 aliphatic heterocycles. The van der Waals surface area contributed by atoms with Crippen LogP contribution in [0.5, 0.6) is 0 Å². The van der Waals surface area contributed by atoms with E-state index >= 15 is 0 Å². The summed E-state index contributed by atoms with van der Waals surface area (Å²) in [7, 11) is 0. The van der Waals surface area contributed by atoms with Crippen LogP contribution in [0.15, 0.2) is 156 Å². The molecule has 1 aliphatic rings. The van der Waals surface area contributed by atoms with E-state index < -0.39 is 0 Å². The Balaban J connectivity index is 1.22. The molecule has 0 amide bonds. The Labute approximate surface area is 289 Å². The molecular weight excluding hydrogens is 611 g/mol. The lowest BCUT2D eigenvalue weighted by molar-refractivity contribution is 0.669. The summed E-state index contributed by atoms with van der Waals surface area (Å²) in [6.45, 7) is 2.23. The predicted octanol–water partition coefficient (Wildman–Crippen LogP) is 12.2. The van der Waals surface area contributed by atoms with E-state index in [1.807, 2.05) is 12.1 Å². The summed E-state index contributed by atoms with van der Waals surface area (Å²) in [5, 5.41) is 9.30. The van der Waals surface area contributed by atoms with Gasteiger partial charge < -0.3 is 4.42 Å². The number of para-hydroxylation sites is 1. The minimum atomic E-state index is 0.484. The quantitative estimate of drug-likeness (QED) is 0.179. The van der Waals surface area contributed by atoms with Gasteiger partial charge in [-0.15, -0.1) is 0 Å². The summed E-state index contributed by atoms with van der Waals surface area (Å²) in [5.41, 5.74) is 6.91. The summed E-state index contributed by atoms with van der Waals surface area (Å²) in [6, 6.07) is 47.0. The summed E-state index contributed by atoms with van der Waals surface area (Å²) in [4.78, 5) is 15.5. The van der Waals surface area contributed by atoms with Crippen molar-refractivity contribution in [1.82, 2.24) is 15.0 Å². The van der Waals surface area contributed by atoms with E-state index in [9.17, 15) is 0 Å². The fourth-order valence-electron chi connectivity index (χ4n) is 7.46. The largest absolute Gasteiger partial charge is 0.456 e. The van der Waals surface area contributed by atoms with E-state index in [1.165, 1.54) is 21.5 Å². The third-order valence-corrected chi connectivity index (χ3v) is 10.0. The summed E-state index contributed by atoms with van der Waals surface area (Å²) in [6.07, 6.45) is 7.59. The smallest absolute Gasteiger partial charge is 0.164 e. The summed E-state index contributed by atoms with van der Waals surface area (Å²) in [5.74, 6) is 2.47. The van der Waals surface area contributed by atoms with Crippen LogP contribution in [-0.4, -0.2) is 15.0 Å². The van der Waals surface area contributed by atoms with Crippen molar-refractivity contribution < 1.29 is 4.42 Å². The van der Waals surface area contributed by atoms with Gasteiger partial charge >= 0.3 is 0 Å². The number of hydrogen-bond acceptors (Lipinski definition) is 4. The second kappa shape index (κ2) is 11.4. The van der Waals surface area contributed by atoms with Gasteiger partial charge in [0.25, 0.3) is 0 Å². The number of benzene rings is 7. The molecule has 2 heterocycles. The zero-order valence-electron chi connectivity index (χ0n) is 27.5. The van der Waals surface area contributed by atoms with E-state index in [1.54, 1.807) is 0 Å². The molecule has 0 bridgehead atoms. The first-order valence-corrected chi connectivity index (χ1v) is 17.2. The SMILES string of the molecule is CC1C=CC(c2nc(-c3cc(-c4cccc5oc6ccccc6c45)c4ccccc4c3)nc(-c3ccc4ccc5ccccc5c4c3)n2)=CC1. The standard InChI is InChI=1S/C46H31N3O/c1-28-17-19-31(20-18-28)44-47-45(33-24-23-30-22-21-29-9-2-4-11-35(29)39(30)26-33)49-46(48-44)34-25-32-10-3-5-12-36(32)40(27-34)37-14-8-16-42-43(37)38-13-6-7-15-41(38)50-42/h2-17,19-28H,18H2,1H3. The third-order valence-electron chi connectivity index (χ3n) is 10.0. The molecule has 7 aromatic carbocycles. The van der Waals surface area contributed by atoms with Crippen LogP contribution in [0.25, 0.3) is 93.7 Å². The van der Waals surface area contributed by atoms with Gasteiger partial charge in [-0.05, 0) is 86.1 Å². The van der Waals surface area contributed by atoms with E-state index in [0.29, 0.717) is 23.4 Å². The van der Waals surface area contributed by atoms with Crippen molar-refractivity contribution >= 4 is 59.8 Å². The number of aromatic nitrogens is 3. The van der Waals surface area contributed by atoms with Crippen LogP contribution in [0, 0.1) is 5.92 Å². The lowest BCUT2D eigenvalue weighted by atomic mass is 9.92. The van der Waals surface area contributed by atoms with E-state index in [-0.39, 0.29) is 0 Å². The lowest BCUT2D eigenvalue weighted by Crippen LogP contribution is -2.04. The first kappa shape index (κ1) is 28.6. The van der Waals surface area contributed by atoms with Crippen LogP contribution in [0.1, 0.15) is 19.2 Å². The monoisotopic (exact) mass is 641 g/mol. The summed E-state index contributed by atoms with van der Waals surface area (Å²) >= 11 is 0. The zero-order chi connectivity index (χ0) is 33.2. The molecule has 50 heavy (non-hydrogen) atoms. The van der Waals surface area contributed by atoms with Crippen molar-refractivity contribution in [3.05, 3.63) is 158 Å². The number of furan rings is 1. The average molecular weight is 642 g/mol. The van der Waals surface area contributed by atoms with Gasteiger partial charge in [0.2, 0.25) is 0 Å². The zero-order valence-corrected chi connectivity index (χ0v) is 27.5. The Morgan fingerprint density at radius 2 is 1.20 bits per heavy atom. The van der Waals surface area contributed by atoms with Crippen LogP contribution < -0.4 is 0 Å². The third kappa shape index (κ3) is 4.72. The van der Waals surface area contributed by atoms with Gasteiger partial charge in [0.15, 0.2) is 17.5 Å². The van der Waals surface area contributed by atoms with Crippen molar-refractivity contribution in [2.75, 3.05) is 0 Å². The molecule has 1 unspecified atom stereocenters. The minimum Gasteiger partial charge on any atom is -0.456 e. The van der Waals surface area contributed by atoms with E-state index in [2.05, 4.69) is 146 Å². The molecule has 0 spiro atoms. The molecule has 1 aliphatic carbocycles. The number of hydrogen-bond donors (Lipinski definition) is 0. The van der Waals surface area contributed by atoms with Crippen LogP contribution in [0.4, 0.5) is 0 Å². The van der Waals surface area contributed by atoms with Crippen molar-refractivity contribution in [3.8, 4) is 33.9 Å². The van der Waals surface area contributed by atoms with Crippen molar-refractivity contribution in [2.24, 2.45) is 5.92 Å². The van der Waals surface area contributed by atoms with E-state index in [0.717, 1.165) is 67.0 Å². The van der Waals surface area contributed by atoms with Crippen LogP contribution in [-0.2, 0) is 0 Å². The number of rotatable bonds is 4. The van der Waals surface area contributed by atoms with Crippen molar-refractivity contribution in [3.63, 3.8) is 0 Å². The van der Waals surface area contributed by atoms with Crippen LogP contribution in [0.2, 0.25) is 0 Å². The van der Waals surface area contributed by atoms with Crippen molar-refractivity contribution in [2.45, 2.75) is 13.3 Å². The van der Waals surface area contributed by atoms with Gasteiger partial charge in [-0.2, -0.15) is 0 Å². The van der Waals surface area contributed by atoms with Gasteiger partial charge in [0.1, 0.15) is 11.2 Å². The first-order chi connectivity index (χ1) is 24.7. The molecule has 9 aromatic rings. The molecule has 0 radical (unpaired) electrons. The fraction of sp³-hybridized carbons (Fsp3) is 0.0652. The summed E-state index contributed by atoms with van der Waals surface area (Å²) < 4.78 is 6.31. The van der Waals surface area contributed by atoms with Crippen molar-refractivity contribution in [1.29, 1.82) is 0 Å².